The molecule has 0 spiro atoms. The van der Waals surface area contributed by atoms with Crippen LogP contribution < -0.4 is 11.5 Å². The van der Waals surface area contributed by atoms with E-state index in [1.54, 1.807) is 0 Å². The molecular formula is C13H15N3O. The molecule has 2 rings (SSSR count). The second-order valence-electron chi connectivity index (χ2n) is 4.15. The molecule has 1 aliphatic rings. The van der Waals surface area contributed by atoms with Gasteiger partial charge in [0.15, 0.2) is 5.96 Å². The molecule has 4 nitrogen and oxygen atoms in total. The van der Waals surface area contributed by atoms with Crippen LogP contribution in [0.25, 0.3) is 5.57 Å². The number of benzene rings is 1. The molecule has 0 saturated heterocycles. The van der Waals surface area contributed by atoms with Crippen molar-refractivity contribution in [2.75, 3.05) is 0 Å². The Hall–Kier alpha value is -2.10. The van der Waals surface area contributed by atoms with Crippen LogP contribution in [0, 0.1) is 6.92 Å². The summed E-state index contributed by atoms with van der Waals surface area (Å²) in [7, 11) is 0. The van der Waals surface area contributed by atoms with Crippen LogP contribution in [0.5, 0.6) is 0 Å². The van der Waals surface area contributed by atoms with E-state index >= 15 is 0 Å². The molecule has 88 valence electrons. The summed E-state index contributed by atoms with van der Waals surface area (Å²) in [5.74, 6) is -0.592. The van der Waals surface area contributed by atoms with E-state index in [9.17, 15) is 4.79 Å². The first kappa shape index (κ1) is 11.4. The summed E-state index contributed by atoms with van der Waals surface area (Å²) >= 11 is 0. The van der Waals surface area contributed by atoms with Gasteiger partial charge >= 0.3 is 0 Å². The standard InChI is InChI=1S/C13H15N3O/c1-8-3-2-4-9-5-6-10(12(8)9)7-11(17)16-13(14)15/h2-4,7H,5-6H2,1H3,(H4,14,15,16,17)/b10-7+. The SMILES string of the molecule is Cc1cccc2c1/C(=C/C(=O)N=C(N)N)CC2. The van der Waals surface area contributed by atoms with Gasteiger partial charge in [0.05, 0.1) is 0 Å². The number of hydrogen-bond acceptors (Lipinski definition) is 1. The molecule has 1 amide bonds. The lowest BCUT2D eigenvalue weighted by molar-refractivity contribution is -0.113. The number of aryl methyl sites for hydroxylation is 2. The molecule has 17 heavy (non-hydrogen) atoms. The molecule has 1 aliphatic carbocycles. The molecule has 0 fully saturated rings. The predicted octanol–water partition coefficient (Wildman–Crippen LogP) is 1.12. The van der Waals surface area contributed by atoms with Gasteiger partial charge in [-0.05, 0) is 42.0 Å². The summed E-state index contributed by atoms with van der Waals surface area (Å²) in [6, 6.07) is 6.17. The molecule has 0 heterocycles. The number of rotatable bonds is 1. The fraction of sp³-hybridized carbons (Fsp3) is 0.231. The summed E-state index contributed by atoms with van der Waals surface area (Å²) in [6.07, 6.45) is 3.36. The van der Waals surface area contributed by atoms with Crippen LogP contribution >= 0.6 is 0 Å². The minimum Gasteiger partial charge on any atom is -0.370 e. The molecule has 0 unspecified atom stereocenters. The van der Waals surface area contributed by atoms with Gasteiger partial charge in [-0.1, -0.05) is 18.2 Å². The van der Waals surface area contributed by atoms with Gasteiger partial charge in [-0.2, -0.15) is 4.99 Å². The highest BCUT2D eigenvalue weighted by atomic mass is 16.1. The summed E-state index contributed by atoms with van der Waals surface area (Å²) < 4.78 is 0. The van der Waals surface area contributed by atoms with Crippen molar-refractivity contribution in [3.8, 4) is 0 Å². The topological polar surface area (TPSA) is 81.5 Å². The average Bonchev–Trinajstić information content (AvgIpc) is 2.61. The van der Waals surface area contributed by atoms with E-state index in [1.165, 1.54) is 22.8 Å². The molecule has 0 radical (unpaired) electrons. The van der Waals surface area contributed by atoms with Crippen molar-refractivity contribution >= 4 is 17.4 Å². The number of nitrogens with two attached hydrogens (primary N) is 2. The number of guanidine groups is 1. The minimum absolute atomic E-state index is 0.199. The molecule has 0 bridgehead atoms. The van der Waals surface area contributed by atoms with Crippen LogP contribution in [0.1, 0.15) is 23.1 Å². The zero-order valence-electron chi connectivity index (χ0n) is 9.73. The van der Waals surface area contributed by atoms with Gasteiger partial charge in [0.2, 0.25) is 0 Å². The number of nitrogens with zero attached hydrogens (tertiary/aromatic N) is 1. The van der Waals surface area contributed by atoms with Crippen molar-refractivity contribution in [1.82, 2.24) is 0 Å². The van der Waals surface area contributed by atoms with E-state index in [4.69, 9.17) is 11.5 Å². The lowest BCUT2D eigenvalue weighted by Gasteiger charge is -2.04. The van der Waals surface area contributed by atoms with Gasteiger partial charge in [0.1, 0.15) is 0 Å². The van der Waals surface area contributed by atoms with Crippen LogP contribution in [0.15, 0.2) is 29.3 Å². The highest BCUT2D eigenvalue weighted by molar-refractivity contribution is 6.02. The van der Waals surface area contributed by atoms with Crippen molar-refractivity contribution in [1.29, 1.82) is 0 Å². The maximum atomic E-state index is 11.5. The zero-order valence-corrected chi connectivity index (χ0v) is 9.73. The lowest BCUT2D eigenvalue weighted by atomic mass is 10.0. The van der Waals surface area contributed by atoms with E-state index in [0.717, 1.165) is 18.4 Å². The van der Waals surface area contributed by atoms with Gasteiger partial charge in [-0.25, -0.2) is 0 Å². The number of amides is 1. The Balaban J connectivity index is 2.37. The van der Waals surface area contributed by atoms with Crippen molar-refractivity contribution in [3.05, 3.63) is 41.0 Å². The van der Waals surface area contributed by atoms with E-state index < -0.39 is 5.91 Å². The highest BCUT2D eigenvalue weighted by Crippen LogP contribution is 2.34. The second-order valence-corrected chi connectivity index (χ2v) is 4.15. The molecule has 1 aromatic rings. The quantitative estimate of drug-likeness (QED) is 0.430. The summed E-state index contributed by atoms with van der Waals surface area (Å²) in [5, 5.41) is 0. The normalized spacial score (nSPS) is 15.7. The average molecular weight is 229 g/mol. The summed E-state index contributed by atoms with van der Waals surface area (Å²) in [4.78, 5) is 15.0. The Kier molecular flexibility index (Phi) is 2.95. The maximum absolute atomic E-state index is 11.5. The number of carbonyl (C=O) groups is 1. The number of allylic oxidation sites excluding steroid dienone is 1. The number of aliphatic imine (C=N–C) groups is 1. The van der Waals surface area contributed by atoms with Crippen LogP contribution in [0.4, 0.5) is 0 Å². The highest BCUT2D eigenvalue weighted by Gasteiger charge is 2.18. The molecule has 0 aromatic heterocycles. The van der Waals surface area contributed by atoms with E-state index in [0.29, 0.717) is 0 Å². The number of hydrogen-bond donors (Lipinski definition) is 2. The van der Waals surface area contributed by atoms with Gasteiger partial charge in [0, 0.05) is 6.08 Å². The van der Waals surface area contributed by atoms with E-state index in [-0.39, 0.29) is 5.96 Å². The largest absolute Gasteiger partial charge is 0.370 e. The molecule has 0 atom stereocenters. The molecule has 4 N–H and O–H groups in total. The van der Waals surface area contributed by atoms with Gasteiger partial charge < -0.3 is 11.5 Å². The molecular weight excluding hydrogens is 214 g/mol. The first-order chi connectivity index (χ1) is 8.08. The first-order valence-electron chi connectivity index (χ1n) is 5.51. The van der Waals surface area contributed by atoms with Gasteiger partial charge in [-0.3, -0.25) is 4.79 Å². The number of carbonyl (C=O) groups excluding carboxylic acids is 1. The van der Waals surface area contributed by atoms with Gasteiger partial charge in [-0.15, -0.1) is 0 Å². The fourth-order valence-corrected chi connectivity index (χ4v) is 2.24. The van der Waals surface area contributed by atoms with E-state index in [2.05, 4.69) is 11.1 Å². The third-order valence-electron chi connectivity index (χ3n) is 2.88. The Bertz CT molecular complexity index is 525. The van der Waals surface area contributed by atoms with Crippen molar-refractivity contribution in [3.63, 3.8) is 0 Å². The Morgan fingerprint density at radius 2 is 2.12 bits per heavy atom. The van der Waals surface area contributed by atoms with Crippen molar-refractivity contribution < 1.29 is 4.79 Å². The molecule has 1 aromatic carbocycles. The molecule has 0 aliphatic heterocycles. The van der Waals surface area contributed by atoms with Crippen LogP contribution in [-0.2, 0) is 11.2 Å². The van der Waals surface area contributed by atoms with Gasteiger partial charge in [0.25, 0.3) is 5.91 Å². The first-order valence-corrected chi connectivity index (χ1v) is 5.51. The van der Waals surface area contributed by atoms with Crippen LogP contribution in [-0.4, -0.2) is 11.9 Å². The summed E-state index contributed by atoms with van der Waals surface area (Å²) in [6.45, 7) is 2.04. The molecule has 0 saturated carbocycles. The zero-order chi connectivity index (χ0) is 12.4. The third kappa shape index (κ3) is 2.36. The third-order valence-corrected chi connectivity index (χ3v) is 2.88. The van der Waals surface area contributed by atoms with E-state index in [1.807, 2.05) is 19.1 Å². The Morgan fingerprint density at radius 1 is 1.35 bits per heavy atom. The predicted molar refractivity (Wildman–Crippen MR) is 68.3 cm³/mol. The second kappa shape index (κ2) is 4.41. The van der Waals surface area contributed by atoms with Crippen LogP contribution in [0.2, 0.25) is 0 Å². The van der Waals surface area contributed by atoms with Crippen molar-refractivity contribution in [2.45, 2.75) is 19.8 Å². The smallest absolute Gasteiger partial charge is 0.273 e. The summed E-state index contributed by atoms with van der Waals surface area (Å²) in [5.41, 5.74) is 15.0. The number of fused-ring (bicyclic) bond motifs is 1. The monoisotopic (exact) mass is 229 g/mol. The molecule has 4 heteroatoms. The maximum Gasteiger partial charge on any atom is 0.273 e. The van der Waals surface area contributed by atoms with Crippen molar-refractivity contribution in [2.24, 2.45) is 16.5 Å². The minimum atomic E-state index is -0.392. The Labute approximate surface area is 100 Å². The Morgan fingerprint density at radius 3 is 2.82 bits per heavy atom. The fourth-order valence-electron chi connectivity index (χ4n) is 2.24. The van der Waals surface area contributed by atoms with Crippen LogP contribution in [0.3, 0.4) is 0 Å². The lowest BCUT2D eigenvalue weighted by Crippen LogP contribution is -2.23.